The topological polar surface area (TPSA) is 56.3 Å². The summed E-state index contributed by atoms with van der Waals surface area (Å²) in [7, 11) is -3.75. The van der Waals surface area contributed by atoms with E-state index in [1.54, 1.807) is 42.6 Å². The monoisotopic (exact) mass is 355 g/mol. The molecule has 0 unspecified atom stereocenters. The third-order valence-electron chi connectivity index (χ3n) is 2.83. The predicted molar refractivity (Wildman–Crippen MR) is 79.7 cm³/mol. The van der Waals surface area contributed by atoms with Gasteiger partial charge in [0.2, 0.25) is 0 Å². The van der Waals surface area contributed by atoms with Gasteiger partial charge in [0, 0.05) is 11.8 Å². The lowest BCUT2D eigenvalue weighted by Gasteiger charge is -2.07. The van der Waals surface area contributed by atoms with Crippen molar-refractivity contribution in [3.05, 3.63) is 58.3 Å². The first-order valence-corrected chi connectivity index (χ1v) is 8.31. The summed E-state index contributed by atoms with van der Waals surface area (Å²) in [6.45, 7) is 1.96. The second kappa shape index (κ2) is 6.47. The van der Waals surface area contributed by atoms with Crippen LogP contribution in [0.25, 0.3) is 0 Å². The molecule has 0 aliphatic heterocycles. The number of hydrogen-bond donors (Lipinski definition) is 0. The summed E-state index contributed by atoms with van der Waals surface area (Å²) in [6, 6.07) is 10.2. The standard InChI is InChI=1S/C14H14BrNO3S/c1-2-11-5-7-13(8-6-11)20(17,18)19-10-12-4-3-9-16-14(12)15/h3-9H,2,10H2,1H3. The maximum absolute atomic E-state index is 12.1. The molecule has 0 spiro atoms. The molecule has 6 heteroatoms. The van der Waals surface area contributed by atoms with E-state index in [2.05, 4.69) is 20.9 Å². The molecular formula is C14H14BrNO3S. The smallest absolute Gasteiger partial charge is 0.261 e. The van der Waals surface area contributed by atoms with Gasteiger partial charge in [-0.05, 0) is 46.1 Å². The molecule has 2 rings (SSSR count). The predicted octanol–water partition coefficient (Wildman–Crippen LogP) is 3.31. The Bertz CT molecular complexity index is 684. The van der Waals surface area contributed by atoms with Gasteiger partial charge in [-0.25, -0.2) is 4.98 Å². The molecule has 1 aromatic carbocycles. The van der Waals surface area contributed by atoms with E-state index in [0.717, 1.165) is 12.0 Å². The SMILES string of the molecule is CCc1ccc(S(=O)(=O)OCc2cccnc2Br)cc1. The van der Waals surface area contributed by atoms with Crippen LogP contribution < -0.4 is 0 Å². The molecule has 0 fully saturated rings. The first-order chi connectivity index (χ1) is 9.53. The summed E-state index contributed by atoms with van der Waals surface area (Å²) in [5.74, 6) is 0. The van der Waals surface area contributed by atoms with Crippen molar-refractivity contribution >= 4 is 26.0 Å². The Hall–Kier alpha value is -1.24. The highest BCUT2D eigenvalue weighted by molar-refractivity contribution is 9.10. The summed E-state index contributed by atoms with van der Waals surface area (Å²) < 4.78 is 29.8. The molecule has 0 amide bonds. The molecule has 0 saturated heterocycles. The van der Waals surface area contributed by atoms with Crippen molar-refractivity contribution in [1.82, 2.24) is 4.98 Å². The van der Waals surface area contributed by atoms with Gasteiger partial charge in [-0.3, -0.25) is 4.18 Å². The van der Waals surface area contributed by atoms with Crippen molar-refractivity contribution in [3.8, 4) is 0 Å². The minimum absolute atomic E-state index is 0.0493. The number of hydrogen-bond acceptors (Lipinski definition) is 4. The molecule has 0 atom stereocenters. The summed E-state index contributed by atoms with van der Waals surface area (Å²) in [5, 5.41) is 0. The van der Waals surface area contributed by atoms with Crippen molar-refractivity contribution in [2.24, 2.45) is 0 Å². The quantitative estimate of drug-likeness (QED) is 0.609. The van der Waals surface area contributed by atoms with E-state index in [1.807, 2.05) is 6.92 Å². The molecule has 0 saturated carbocycles. The van der Waals surface area contributed by atoms with Crippen molar-refractivity contribution in [2.45, 2.75) is 24.8 Å². The van der Waals surface area contributed by atoms with Gasteiger partial charge in [0.1, 0.15) is 4.60 Å². The summed E-state index contributed by atoms with van der Waals surface area (Å²) in [5.41, 5.74) is 1.76. The van der Waals surface area contributed by atoms with Crippen LogP contribution in [0, 0.1) is 0 Å². The summed E-state index contributed by atoms with van der Waals surface area (Å²) in [4.78, 5) is 4.18. The Morgan fingerprint density at radius 3 is 2.50 bits per heavy atom. The van der Waals surface area contributed by atoms with Crippen LogP contribution in [-0.2, 0) is 27.3 Å². The third kappa shape index (κ3) is 3.65. The number of pyridine rings is 1. The molecule has 20 heavy (non-hydrogen) atoms. The van der Waals surface area contributed by atoms with Gasteiger partial charge in [-0.15, -0.1) is 0 Å². The van der Waals surface area contributed by atoms with E-state index in [-0.39, 0.29) is 11.5 Å². The van der Waals surface area contributed by atoms with Crippen LogP contribution in [0.1, 0.15) is 18.1 Å². The van der Waals surface area contributed by atoms with Crippen molar-refractivity contribution < 1.29 is 12.6 Å². The van der Waals surface area contributed by atoms with E-state index in [4.69, 9.17) is 4.18 Å². The van der Waals surface area contributed by atoms with E-state index >= 15 is 0 Å². The van der Waals surface area contributed by atoms with E-state index in [1.165, 1.54) is 0 Å². The van der Waals surface area contributed by atoms with Gasteiger partial charge < -0.3 is 0 Å². The second-order valence-corrected chi connectivity index (χ2v) is 6.53. The molecule has 0 aliphatic carbocycles. The van der Waals surface area contributed by atoms with Crippen LogP contribution in [0.5, 0.6) is 0 Å². The van der Waals surface area contributed by atoms with E-state index in [0.29, 0.717) is 10.2 Å². The zero-order valence-electron chi connectivity index (χ0n) is 10.9. The van der Waals surface area contributed by atoms with Gasteiger partial charge in [0.15, 0.2) is 0 Å². The van der Waals surface area contributed by atoms with Crippen LogP contribution >= 0.6 is 15.9 Å². The first kappa shape index (κ1) is 15.2. The molecular weight excluding hydrogens is 342 g/mol. The summed E-state index contributed by atoms with van der Waals surface area (Å²) in [6.07, 6.45) is 2.48. The van der Waals surface area contributed by atoms with Crippen LogP contribution in [0.4, 0.5) is 0 Å². The van der Waals surface area contributed by atoms with E-state index in [9.17, 15) is 8.42 Å². The second-order valence-electron chi connectivity index (χ2n) is 4.17. The number of rotatable bonds is 5. The molecule has 0 bridgehead atoms. The lowest BCUT2D eigenvalue weighted by molar-refractivity contribution is 0.307. The highest BCUT2D eigenvalue weighted by atomic mass is 79.9. The fraction of sp³-hybridized carbons (Fsp3) is 0.214. The lowest BCUT2D eigenvalue weighted by Crippen LogP contribution is -2.07. The third-order valence-corrected chi connectivity index (χ3v) is 4.82. The fourth-order valence-corrected chi connectivity index (χ4v) is 2.88. The highest BCUT2D eigenvalue weighted by Gasteiger charge is 2.15. The molecule has 0 radical (unpaired) electrons. The number of benzene rings is 1. The first-order valence-electron chi connectivity index (χ1n) is 6.10. The van der Waals surface area contributed by atoms with Crippen LogP contribution in [0.2, 0.25) is 0 Å². The Kier molecular flexibility index (Phi) is 4.91. The Balaban J connectivity index is 2.13. The van der Waals surface area contributed by atoms with Crippen molar-refractivity contribution in [2.75, 3.05) is 0 Å². The van der Waals surface area contributed by atoms with Crippen molar-refractivity contribution in [3.63, 3.8) is 0 Å². The largest absolute Gasteiger partial charge is 0.297 e. The number of aryl methyl sites for hydroxylation is 1. The maximum Gasteiger partial charge on any atom is 0.297 e. The fourth-order valence-electron chi connectivity index (χ4n) is 1.63. The number of nitrogens with zero attached hydrogens (tertiary/aromatic N) is 1. The molecule has 4 nitrogen and oxygen atoms in total. The maximum atomic E-state index is 12.1. The molecule has 1 heterocycles. The molecule has 0 aliphatic rings. The van der Waals surface area contributed by atoms with Crippen molar-refractivity contribution in [1.29, 1.82) is 0 Å². The van der Waals surface area contributed by atoms with Gasteiger partial charge in [-0.2, -0.15) is 8.42 Å². The molecule has 106 valence electrons. The van der Waals surface area contributed by atoms with E-state index < -0.39 is 10.1 Å². The zero-order valence-corrected chi connectivity index (χ0v) is 13.3. The number of aromatic nitrogens is 1. The van der Waals surface area contributed by atoms with Crippen LogP contribution in [0.15, 0.2) is 52.1 Å². The average Bonchev–Trinajstić information content (AvgIpc) is 2.46. The molecule has 2 aromatic rings. The van der Waals surface area contributed by atoms with Crippen LogP contribution in [0.3, 0.4) is 0 Å². The minimum atomic E-state index is -3.75. The Morgan fingerprint density at radius 2 is 1.90 bits per heavy atom. The van der Waals surface area contributed by atoms with Gasteiger partial charge in [0.05, 0.1) is 11.5 Å². The average molecular weight is 356 g/mol. The normalized spacial score (nSPS) is 11.5. The lowest BCUT2D eigenvalue weighted by atomic mass is 10.2. The highest BCUT2D eigenvalue weighted by Crippen LogP contribution is 2.18. The number of halogens is 1. The van der Waals surface area contributed by atoms with Gasteiger partial charge >= 0.3 is 0 Å². The van der Waals surface area contributed by atoms with Gasteiger partial charge in [0.25, 0.3) is 10.1 Å². The Morgan fingerprint density at radius 1 is 1.20 bits per heavy atom. The minimum Gasteiger partial charge on any atom is -0.261 e. The van der Waals surface area contributed by atoms with Gasteiger partial charge in [-0.1, -0.05) is 25.1 Å². The Labute approximate surface area is 127 Å². The zero-order chi connectivity index (χ0) is 14.6. The molecule has 0 N–H and O–H groups in total. The van der Waals surface area contributed by atoms with Crippen LogP contribution in [-0.4, -0.2) is 13.4 Å². The summed E-state index contributed by atoms with van der Waals surface area (Å²) >= 11 is 3.25. The molecule has 1 aromatic heterocycles.